The highest BCUT2D eigenvalue weighted by Gasteiger charge is 2.38. The van der Waals surface area contributed by atoms with Crippen molar-refractivity contribution in [2.75, 3.05) is 11.1 Å². The molecule has 16 heteroatoms. The van der Waals surface area contributed by atoms with Crippen LogP contribution in [0.4, 0.5) is 24.7 Å². The molecule has 0 fully saturated rings. The fraction of sp³-hybridized carbons (Fsp3) is 0.333. The minimum Gasteiger partial charge on any atom is -0.475 e. The topological polar surface area (TPSA) is 201 Å². The average molecular weight is 648 g/mol. The maximum absolute atomic E-state index is 13.4. The largest absolute Gasteiger partial charge is 0.490 e. The van der Waals surface area contributed by atoms with Gasteiger partial charge in [-0.1, -0.05) is 29.4 Å². The summed E-state index contributed by atoms with van der Waals surface area (Å²) in [6.07, 6.45) is -3.60. The summed E-state index contributed by atoms with van der Waals surface area (Å²) in [4.78, 5) is 52.2. The lowest BCUT2D eigenvalue weighted by atomic mass is 10.1. The minimum absolute atomic E-state index is 0.0560. The van der Waals surface area contributed by atoms with Crippen LogP contribution in [0.25, 0.3) is 11.3 Å². The van der Waals surface area contributed by atoms with Crippen molar-refractivity contribution in [3.63, 3.8) is 0 Å². The van der Waals surface area contributed by atoms with Crippen LogP contribution < -0.4 is 27.2 Å². The SMILES string of the molecule is C/C(=N/O)c1ccc(CNC(=O)Cn2c(-c3cc(N)cc(C(=O)NC(C)C)c3)cnc(NC(C)C)c2=O)cc1.O=C(O)C(F)(F)F. The minimum atomic E-state index is -5.08. The summed E-state index contributed by atoms with van der Waals surface area (Å²) in [6, 6.07) is 11.9. The number of aliphatic carboxylic acids is 1. The molecule has 2 amide bonds. The highest BCUT2D eigenvalue weighted by atomic mass is 19.4. The number of carbonyl (C=O) groups is 3. The quantitative estimate of drug-likeness (QED) is 0.0823. The van der Waals surface area contributed by atoms with Gasteiger partial charge in [0.15, 0.2) is 5.82 Å². The van der Waals surface area contributed by atoms with Gasteiger partial charge in [0.1, 0.15) is 6.54 Å². The van der Waals surface area contributed by atoms with E-state index < -0.39 is 17.7 Å². The highest BCUT2D eigenvalue weighted by Crippen LogP contribution is 2.23. The molecule has 0 aliphatic rings. The number of hydrogen-bond donors (Lipinski definition) is 6. The van der Waals surface area contributed by atoms with Crippen molar-refractivity contribution < 1.29 is 37.9 Å². The zero-order valence-electron chi connectivity index (χ0n) is 25.8. The van der Waals surface area contributed by atoms with E-state index in [1.807, 2.05) is 39.8 Å². The van der Waals surface area contributed by atoms with Gasteiger partial charge >= 0.3 is 12.1 Å². The lowest BCUT2D eigenvalue weighted by Crippen LogP contribution is -2.35. The summed E-state index contributed by atoms with van der Waals surface area (Å²) < 4.78 is 33.1. The molecule has 0 aliphatic heterocycles. The summed E-state index contributed by atoms with van der Waals surface area (Å²) >= 11 is 0. The molecule has 3 rings (SSSR count). The Kier molecular flexibility index (Phi) is 12.8. The van der Waals surface area contributed by atoms with E-state index >= 15 is 0 Å². The van der Waals surface area contributed by atoms with E-state index in [1.165, 1.54) is 10.8 Å². The predicted octanol–water partition coefficient (Wildman–Crippen LogP) is 3.60. The Hall–Kier alpha value is -5.41. The fourth-order valence-electron chi connectivity index (χ4n) is 3.85. The molecule has 46 heavy (non-hydrogen) atoms. The van der Waals surface area contributed by atoms with Crippen LogP contribution in [0, 0.1) is 0 Å². The predicted molar refractivity (Wildman–Crippen MR) is 166 cm³/mol. The molecule has 248 valence electrons. The van der Waals surface area contributed by atoms with Crippen LogP contribution in [0.3, 0.4) is 0 Å². The second-order valence-electron chi connectivity index (χ2n) is 10.6. The number of carboxylic acids is 1. The lowest BCUT2D eigenvalue weighted by Gasteiger charge is -2.17. The number of aromatic nitrogens is 2. The van der Waals surface area contributed by atoms with Crippen LogP contribution in [0.1, 0.15) is 56.1 Å². The molecule has 3 aromatic rings. The van der Waals surface area contributed by atoms with E-state index in [2.05, 4.69) is 26.1 Å². The summed E-state index contributed by atoms with van der Waals surface area (Å²) in [6.45, 7) is 9.10. The number of carboxylic acid groups (broad SMARTS) is 1. The molecular formula is C30H36F3N7O6. The van der Waals surface area contributed by atoms with Gasteiger partial charge in [-0.2, -0.15) is 13.2 Å². The molecule has 0 saturated carbocycles. The zero-order valence-corrected chi connectivity index (χ0v) is 25.8. The van der Waals surface area contributed by atoms with Crippen LogP contribution >= 0.6 is 0 Å². The van der Waals surface area contributed by atoms with Crippen LogP contribution in [0.5, 0.6) is 0 Å². The van der Waals surface area contributed by atoms with Gasteiger partial charge in [-0.3, -0.25) is 19.0 Å². The molecule has 2 aromatic carbocycles. The number of halogens is 3. The molecule has 0 radical (unpaired) electrons. The molecular weight excluding hydrogens is 611 g/mol. The number of rotatable bonds is 10. The van der Waals surface area contributed by atoms with Crippen molar-refractivity contribution in [1.82, 2.24) is 20.2 Å². The monoisotopic (exact) mass is 647 g/mol. The third-order valence-corrected chi connectivity index (χ3v) is 5.97. The van der Waals surface area contributed by atoms with Crippen molar-refractivity contribution in [2.45, 2.75) is 66.0 Å². The van der Waals surface area contributed by atoms with E-state index in [4.69, 9.17) is 20.8 Å². The average Bonchev–Trinajstić information content (AvgIpc) is 2.97. The van der Waals surface area contributed by atoms with Crippen LogP contribution in [-0.4, -0.2) is 61.6 Å². The van der Waals surface area contributed by atoms with Gasteiger partial charge in [-0.05, 0) is 63.9 Å². The molecule has 0 aliphatic carbocycles. The number of anilines is 2. The standard InChI is InChI=1S/C28H35N7O4.C2HF3O2/c1-16(2)32-26-28(38)35(15-25(36)30-13-19-6-8-20(9-7-19)18(5)34-39)24(14-31-26)21-10-22(12-23(29)11-21)27(37)33-17(3)4;3-2(4,5)1(6)7/h6-12,14,16-17,39H,13,15,29H2,1-5H3,(H,30,36)(H,31,32)(H,33,37);(H,6,7)/b34-18-;. The third-order valence-electron chi connectivity index (χ3n) is 5.97. The van der Waals surface area contributed by atoms with Crippen LogP contribution in [0.15, 0.2) is 58.6 Å². The second-order valence-corrected chi connectivity index (χ2v) is 10.6. The molecule has 7 N–H and O–H groups in total. The van der Waals surface area contributed by atoms with Gasteiger partial charge in [0, 0.05) is 35.4 Å². The van der Waals surface area contributed by atoms with Gasteiger partial charge < -0.3 is 32.0 Å². The Morgan fingerprint density at radius 2 is 1.63 bits per heavy atom. The first-order valence-electron chi connectivity index (χ1n) is 13.9. The van der Waals surface area contributed by atoms with E-state index in [-0.39, 0.29) is 42.8 Å². The number of nitrogen functional groups attached to an aromatic ring is 1. The van der Waals surface area contributed by atoms with E-state index in [0.717, 1.165) is 11.1 Å². The smallest absolute Gasteiger partial charge is 0.475 e. The van der Waals surface area contributed by atoms with Crippen molar-refractivity contribution in [2.24, 2.45) is 5.16 Å². The van der Waals surface area contributed by atoms with Crippen molar-refractivity contribution in [3.8, 4) is 11.3 Å². The first-order valence-corrected chi connectivity index (χ1v) is 13.9. The van der Waals surface area contributed by atoms with Crippen LogP contribution in [0.2, 0.25) is 0 Å². The molecule has 0 saturated heterocycles. The van der Waals surface area contributed by atoms with Gasteiger partial charge in [0.2, 0.25) is 5.91 Å². The number of carbonyl (C=O) groups excluding carboxylic acids is 2. The summed E-state index contributed by atoms with van der Waals surface area (Å²) in [5, 5.41) is 27.9. The number of benzene rings is 2. The summed E-state index contributed by atoms with van der Waals surface area (Å²) in [5.41, 5.74) is 9.18. The molecule has 13 nitrogen and oxygen atoms in total. The molecule has 0 bridgehead atoms. The number of nitrogens with two attached hydrogens (primary N) is 1. The highest BCUT2D eigenvalue weighted by molar-refractivity contribution is 5.98. The summed E-state index contributed by atoms with van der Waals surface area (Å²) in [7, 11) is 0. The van der Waals surface area contributed by atoms with Gasteiger partial charge in [-0.15, -0.1) is 0 Å². The maximum Gasteiger partial charge on any atom is 0.490 e. The van der Waals surface area contributed by atoms with E-state index in [1.54, 1.807) is 37.3 Å². The second kappa shape index (κ2) is 16.1. The molecule has 0 spiro atoms. The van der Waals surface area contributed by atoms with Gasteiger partial charge in [-0.25, -0.2) is 9.78 Å². The number of hydrogen-bond acceptors (Lipinski definition) is 9. The zero-order chi connectivity index (χ0) is 34.8. The first kappa shape index (κ1) is 36.8. The Morgan fingerprint density at radius 1 is 1.02 bits per heavy atom. The summed E-state index contributed by atoms with van der Waals surface area (Å²) in [5.74, 6) is -3.34. The Bertz CT molecular complexity index is 1640. The van der Waals surface area contributed by atoms with Crippen LogP contribution in [-0.2, 0) is 22.7 Å². The number of amides is 2. The van der Waals surface area contributed by atoms with E-state index in [0.29, 0.717) is 28.2 Å². The normalized spacial score (nSPS) is 11.5. The number of alkyl halides is 3. The van der Waals surface area contributed by atoms with Gasteiger partial charge in [0.05, 0.1) is 17.6 Å². The first-order chi connectivity index (χ1) is 21.4. The van der Waals surface area contributed by atoms with Crippen molar-refractivity contribution in [1.29, 1.82) is 0 Å². The number of oxime groups is 1. The lowest BCUT2D eigenvalue weighted by molar-refractivity contribution is -0.192. The van der Waals surface area contributed by atoms with E-state index in [9.17, 15) is 27.6 Å². The Morgan fingerprint density at radius 3 is 2.15 bits per heavy atom. The Balaban J connectivity index is 0.000000942. The number of nitrogens with zero attached hydrogens (tertiary/aromatic N) is 3. The fourth-order valence-corrected chi connectivity index (χ4v) is 3.85. The van der Waals surface area contributed by atoms with Crippen molar-refractivity contribution >= 4 is 35.0 Å². The molecule has 0 atom stereocenters. The van der Waals surface area contributed by atoms with Gasteiger partial charge in [0.25, 0.3) is 11.5 Å². The van der Waals surface area contributed by atoms with Crippen molar-refractivity contribution in [3.05, 3.63) is 75.7 Å². The molecule has 1 aromatic heterocycles. The number of nitrogens with one attached hydrogen (secondary N) is 3. The third kappa shape index (κ3) is 10.9. The molecule has 0 unspecified atom stereocenters. The Labute approximate surface area is 262 Å². The molecule has 1 heterocycles. The maximum atomic E-state index is 13.4.